The van der Waals surface area contributed by atoms with Crippen molar-refractivity contribution in [3.05, 3.63) is 35.3 Å². The van der Waals surface area contributed by atoms with Crippen molar-refractivity contribution in [2.24, 2.45) is 5.92 Å². The third kappa shape index (κ3) is 2.89. The fraction of sp³-hybridized carbons (Fsp3) is 0.333. The van der Waals surface area contributed by atoms with Crippen LogP contribution in [0.3, 0.4) is 0 Å². The summed E-state index contributed by atoms with van der Waals surface area (Å²) in [5, 5.41) is 12.0. The molecular formula is C15H16FNO4. The summed E-state index contributed by atoms with van der Waals surface area (Å²) in [6.45, 7) is 5.02. The molecule has 1 heterocycles. The Morgan fingerprint density at radius 3 is 2.57 bits per heavy atom. The van der Waals surface area contributed by atoms with E-state index in [1.807, 2.05) is 0 Å². The SMILES string of the molecule is Cc1c(C(=O)N[C@H](C(=O)O)C(C)C)oc2ccc(F)cc12. The summed E-state index contributed by atoms with van der Waals surface area (Å²) in [5.74, 6) is -2.43. The van der Waals surface area contributed by atoms with Gasteiger partial charge in [-0.2, -0.15) is 0 Å². The molecular weight excluding hydrogens is 277 g/mol. The van der Waals surface area contributed by atoms with E-state index in [1.165, 1.54) is 18.2 Å². The largest absolute Gasteiger partial charge is 0.480 e. The molecule has 1 aromatic heterocycles. The number of rotatable bonds is 4. The number of carboxylic acid groups (broad SMARTS) is 1. The van der Waals surface area contributed by atoms with Gasteiger partial charge in [-0.3, -0.25) is 4.79 Å². The van der Waals surface area contributed by atoms with Gasteiger partial charge in [-0.05, 0) is 31.0 Å². The smallest absolute Gasteiger partial charge is 0.326 e. The van der Waals surface area contributed by atoms with Gasteiger partial charge in [0.05, 0.1) is 0 Å². The van der Waals surface area contributed by atoms with E-state index >= 15 is 0 Å². The highest BCUT2D eigenvalue weighted by Gasteiger charge is 2.26. The summed E-state index contributed by atoms with van der Waals surface area (Å²) in [4.78, 5) is 23.3. The number of halogens is 1. The van der Waals surface area contributed by atoms with Crippen LogP contribution in [0.4, 0.5) is 4.39 Å². The number of carbonyl (C=O) groups excluding carboxylic acids is 1. The predicted molar refractivity (Wildman–Crippen MR) is 74.6 cm³/mol. The molecule has 2 aromatic rings. The normalized spacial score (nSPS) is 12.6. The van der Waals surface area contributed by atoms with E-state index in [0.29, 0.717) is 16.5 Å². The van der Waals surface area contributed by atoms with Crippen LogP contribution in [0.2, 0.25) is 0 Å². The molecule has 2 N–H and O–H groups in total. The maximum atomic E-state index is 13.2. The minimum Gasteiger partial charge on any atom is -0.480 e. The lowest BCUT2D eigenvalue weighted by atomic mass is 10.0. The van der Waals surface area contributed by atoms with Crippen LogP contribution in [0.25, 0.3) is 11.0 Å². The third-order valence-corrected chi connectivity index (χ3v) is 3.32. The first-order valence-electron chi connectivity index (χ1n) is 6.53. The van der Waals surface area contributed by atoms with Crippen LogP contribution in [0.15, 0.2) is 22.6 Å². The van der Waals surface area contributed by atoms with Gasteiger partial charge in [-0.25, -0.2) is 9.18 Å². The molecule has 0 spiro atoms. The second-order valence-corrected chi connectivity index (χ2v) is 5.23. The van der Waals surface area contributed by atoms with Gasteiger partial charge >= 0.3 is 5.97 Å². The maximum absolute atomic E-state index is 13.2. The lowest BCUT2D eigenvalue weighted by molar-refractivity contribution is -0.140. The van der Waals surface area contributed by atoms with Gasteiger partial charge in [0.15, 0.2) is 5.76 Å². The number of hydrogen-bond acceptors (Lipinski definition) is 3. The number of fused-ring (bicyclic) bond motifs is 1. The summed E-state index contributed by atoms with van der Waals surface area (Å²) >= 11 is 0. The summed E-state index contributed by atoms with van der Waals surface area (Å²) in [7, 11) is 0. The van der Waals surface area contributed by atoms with E-state index < -0.39 is 23.7 Å². The van der Waals surface area contributed by atoms with Crippen molar-refractivity contribution in [3.8, 4) is 0 Å². The van der Waals surface area contributed by atoms with E-state index in [2.05, 4.69) is 5.32 Å². The first kappa shape index (κ1) is 15.0. The summed E-state index contributed by atoms with van der Waals surface area (Å²) < 4.78 is 18.6. The minimum atomic E-state index is -1.11. The molecule has 1 atom stereocenters. The zero-order valence-electron chi connectivity index (χ0n) is 11.9. The Kier molecular flexibility index (Phi) is 3.97. The highest BCUT2D eigenvalue weighted by atomic mass is 19.1. The number of amides is 1. The van der Waals surface area contributed by atoms with Gasteiger partial charge in [-0.15, -0.1) is 0 Å². The van der Waals surface area contributed by atoms with Gasteiger partial charge in [-0.1, -0.05) is 13.8 Å². The Bertz CT molecular complexity index is 705. The van der Waals surface area contributed by atoms with Crippen molar-refractivity contribution in [1.29, 1.82) is 0 Å². The highest BCUT2D eigenvalue weighted by molar-refractivity contribution is 6.00. The summed E-state index contributed by atoms with van der Waals surface area (Å²) in [6.07, 6.45) is 0. The van der Waals surface area contributed by atoms with Gasteiger partial charge < -0.3 is 14.8 Å². The van der Waals surface area contributed by atoms with Crippen LogP contribution in [-0.4, -0.2) is 23.0 Å². The van der Waals surface area contributed by atoms with E-state index in [0.717, 1.165) is 0 Å². The molecule has 2 rings (SSSR count). The molecule has 1 amide bonds. The van der Waals surface area contributed by atoms with Crippen LogP contribution >= 0.6 is 0 Å². The maximum Gasteiger partial charge on any atom is 0.326 e. The van der Waals surface area contributed by atoms with Crippen LogP contribution in [0, 0.1) is 18.7 Å². The van der Waals surface area contributed by atoms with Crippen molar-refractivity contribution >= 4 is 22.8 Å². The standard InChI is InChI=1S/C15H16FNO4/c1-7(2)12(15(19)20)17-14(18)13-8(3)10-6-9(16)4-5-11(10)21-13/h4-7,12H,1-3H3,(H,17,18)(H,19,20)/t12-/m0/s1. The van der Waals surface area contributed by atoms with Crippen LogP contribution in [0.5, 0.6) is 0 Å². The minimum absolute atomic E-state index is 0.00231. The number of nitrogens with one attached hydrogen (secondary N) is 1. The Balaban J connectivity index is 2.35. The quantitative estimate of drug-likeness (QED) is 0.908. The molecule has 5 nitrogen and oxygen atoms in total. The summed E-state index contributed by atoms with van der Waals surface area (Å²) in [6, 6.07) is 2.94. The molecule has 1 aromatic carbocycles. The van der Waals surface area contributed by atoms with Gasteiger partial charge in [0.2, 0.25) is 0 Å². The number of aryl methyl sites for hydroxylation is 1. The Morgan fingerprint density at radius 1 is 1.33 bits per heavy atom. The van der Waals surface area contributed by atoms with Crippen LogP contribution < -0.4 is 5.32 Å². The van der Waals surface area contributed by atoms with Gasteiger partial charge in [0.25, 0.3) is 5.91 Å². The zero-order chi connectivity index (χ0) is 15.7. The van der Waals surface area contributed by atoms with Crippen LogP contribution in [0.1, 0.15) is 30.0 Å². The third-order valence-electron chi connectivity index (χ3n) is 3.32. The number of hydrogen-bond donors (Lipinski definition) is 2. The van der Waals surface area contributed by atoms with E-state index in [1.54, 1.807) is 20.8 Å². The molecule has 0 fully saturated rings. The second-order valence-electron chi connectivity index (χ2n) is 5.23. The fourth-order valence-electron chi connectivity index (χ4n) is 2.13. The molecule has 0 aliphatic carbocycles. The topological polar surface area (TPSA) is 79.5 Å². The molecule has 0 saturated heterocycles. The van der Waals surface area contributed by atoms with Crippen LogP contribution in [-0.2, 0) is 4.79 Å². The van der Waals surface area contributed by atoms with E-state index in [-0.39, 0.29) is 11.7 Å². The molecule has 0 saturated carbocycles. The molecule has 0 radical (unpaired) electrons. The summed E-state index contributed by atoms with van der Waals surface area (Å²) in [5.41, 5.74) is 0.866. The molecule has 6 heteroatoms. The number of furan rings is 1. The number of benzene rings is 1. The predicted octanol–water partition coefficient (Wildman–Crippen LogP) is 2.72. The zero-order valence-corrected chi connectivity index (χ0v) is 11.9. The van der Waals surface area contributed by atoms with Crippen molar-refractivity contribution in [1.82, 2.24) is 5.32 Å². The number of carboxylic acids is 1. The second kappa shape index (κ2) is 5.55. The lowest BCUT2D eigenvalue weighted by Gasteiger charge is -2.17. The van der Waals surface area contributed by atoms with E-state index in [9.17, 15) is 14.0 Å². The average molecular weight is 293 g/mol. The first-order valence-corrected chi connectivity index (χ1v) is 6.53. The molecule has 0 bridgehead atoms. The van der Waals surface area contributed by atoms with Gasteiger partial charge in [0.1, 0.15) is 17.4 Å². The van der Waals surface area contributed by atoms with Crippen molar-refractivity contribution in [2.75, 3.05) is 0 Å². The monoisotopic (exact) mass is 293 g/mol. The van der Waals surface area contributed by atoms with Crippen molar-refractivity contribution in [2.45, 2.75) is 26.8 Å². The number of aliphatic carboxylic acids is 1. The lowest BCUT2D eigenvalue weighted by Crippen LogP contribution is -2.44. The Morgan fingerprint density at radius 2 is 2.00 bits per heavy atom. The number of carbonyl (C=O) groups is 2. The molecule has 0 aliphatic heterocycles. The fourth-order valence-corrected chi connectivity index (χ4v) is 2.13. The average Bonchev–Trinajstić information content (AvgIpc) is 2.72. The van der Waals surface area contributed by atoms with Gasteiger partial charge in [0, 0.05) is 10.9 Å². The molecule has 21 heavy (non-hydrogen) atoms. The first-order chi connectivity index (χ1) is 9.81. The van der Waals surface area contributed by atoms with Crippen molar-refractivity contribution in [3.63, 3.8) is 0 Å². The Labute approximate surface area is 120 Å². The van der Waals surface area contributed by atoms with Crippen molar-refractivity contribution < 1.29 is 23.5 Å². The van der Waals surface area contributed by atoms with E-state index in [4.69, 9.17) is 9.52 Å². The molecule has 0 unspecified atom stereocenters. The highest BCUT2D eigenvalue weighted by Crippen LogP contribution is 2.26. The molecule has 0 aliphatic rings. The Hall–Kier alpha value is -2.37. The molecule has 112 valence electrons.